The van der Waals surface area contributed by atoms with E-state index < -0.39 is 10.0 Å². The van der Waals surface area contributed by atoms with Gasteiger partial charge in [-0.2, -0.15) is 9.57 Å². The van der Waals surface area contributed by atoms with E-state index in [1.165, 1.54) is 4.31 Å². The first kappa shape index (κ1) is 22.0. The number of aromatic nitrogens is 3. The fourth-order valence-corrected chi connectivity index (χ4v) is 5.69. The molecule has 1 fully saturated rings. The van der Waals surface area contributed by atoms with Crippen molar-refractivity contribution >= 4 is 26.6 Å². The SMILES string of the molecule is Cc1noc(C)c1S(=O)(=O)N1CCCN(CC(O)=C(C#N)c2nc3ccccc3[nH]2)CC1. The third-order valence-corrected chi connectivity index (χ3v) is 7.66. The zero-order valence-electron chi connectivity index (χ0n) is 17.9. The lowest BCUT2D eigenvalue weighted by Crippen LogP contribution is -2.36. The van der Waals surface area contributed by atoms with Gasteiger partial charge in [-0.25, -0.2) is 13.4 Å². The van der Waals surface area contributed by atoms with Gasteiger partial charge in [0.15, 0.2) is 11.6 Å². The van der Waals surface area contributed by atoms with Gasteiger partial charge in [-0.1, -0.05) is 17.3 Å². The summed E-state index contributed by atoms with van der Waals surface area (Å²) in [6.45, 7) is 4.91. The fourth-order valence-electron chi connectivity index (χ4n) is 3.93. The molecule has 4 rings (SSSR count). The fraction of sp³-hybridized carbons (Fsp3) is 0.381. The first-order valence-electron chi connectivity index (χ1n) is 10.2. The standard InChI is InChI=1S/C21H24N6O4S/c1-14-20(15(2)31-25-14)32(29,30)27-9-5-8-26(10-11-27)13-19(28)16(12-22)21-23-17-6-3-4-7-18(17)24-21/h3-4,6-7,28H,5,8-11,13H2,1-2H3,(H,23,24). The maximum absolute atomic E-state index is 13.1. The van der Waals surface area contributed by atoms with E-state index in [-0.39, 0.29) is 35.1 Å². The summed E-state index contributed by atoms with van der Waals surface area (Å²) in [5, 5.41) is 24.1. The van der Waals surface area contributed by atoms with Crippen LogP contribution >= 0.6 is 0 Å². The van der Waals surface area contributed by atoms with Crippen molar-refractivity contribution in [3.63, 3.8) is 0 Å². The molecule has 0 amide bonds. The topological polar surface area (TPSA) is 139 Å². The van der Waals surface area contributed by atoms with E-state index in [4.69, 9.17) is 4.52 Å². The van der Waals surface area contributed by atoms with Gasteiger partial charge in [0.25, 0.3) is 0 Å². The highest BCUT2D eigenvalue weighted by Crippen LogP contribution is 2.25. The van der Waals surface area contributed by atoms with Crippen LogP contribution in [0.1, 0.15) is 23.7 Å². The molecule has 10 nitrogen and oxygen atoms in total. The number of nitrogens with zero attached hydrogens (tertiary/aromatic N) is 5. The van der Waals surface area contributed by atoms with Crippen molar-refractivity contribution in [3.8, 4) is 6.07 Å². The van der Waals surface area contributed by atoms with E-state index in [0.717, 1.165) is 5.52 Å². The van der Waals surface area contributed by atoms with E-state index in [9.17, 15) is 18.8 Å². The number of aryl methyl sites for hydroxylation is 2. The van der Waals surface area contributed by atoms with Crippen molar-refractivity contribution in [1.29, 1.82) is 5.26 Å². The molecule has 2 N–H and O–H groups in total. The third-order valence-electron chi connectivity index (χ3n) is 5.51. The molecule has 3 heterocycles. The van der Waals surface area contributed by atoms with Crippen LogP contribution in [0.2, 0.25) is 0 Å². The number of hydrogen-bond donors (Lipinski definition) is 2. The zero-order valence-corrected chi connectivity index (χ0v) is 18.7. The highest BCUT2D eigenvalue weighted by molar-refractivity contribution is 7.89. The molecule has 0 radical (unpaired) electrons. The van der Waals surface area contributed by atoms with Gasteiger partial charge in [-0.05, 0) is 38.9 Å². The molecular formula is C21H24N6O4S. The van der Waals surface area contributed by atoms with Crippen molar-refractivity contribution in [1.82, 2.24) is 24.3 Å². The van der Waals surface area contributed by atoms with Gasteiger partial charge in [-0.15, -0.1) is 0 Å². The molecule has 168 valence electrons. The normalized spacial score (nSPS) is 17.2. The Morgan fingerprint density at radius 2 is 2.03 bits per heavy atom. The first-order valence-corrected chi connectivity index (χ1v) is 11.7. The van der Waals surface area contributed by atoms with Gasteiger partial charge in [0.2, 0.25) is 10.0 Å². The number of imidazole rings is 1. The molecule has 0 unspecified atom stereocenters. The van der Waals surface area contributed by atoms with Crippen LogP contribution in [0.5, 0.6) is 0 Å². The van der Waals surface area contributed by atoms with Crippen molar-refractivity contribution in [2.24, 2.45) is 0 Å². The van der Waals surface area contributed by atoms with Crippen LogP contribution in [0.4, 0.5) is 0 Å². The number of fused-ring (bicyclic) bond motifs is 1. The second-order valence-corrected chi connectivity index (χ2v) is 9.60. The Kier molecular flexibility index (Phi) is 6.01. The summed E-state index contributed by atoms with van der Waals surface area (Å²) < 4.78 is 32.6. The van der Waals surface area contributed by atoms with Gasteiger partial charge >= 0.3 is 0 Å². The molecule has 0 atom stereocenters. The lowest BCUT2D eigenvalue weighted by Gasteiger charge is -2.21. The van der Waals surface area contributed by atoms with E-state index in [1.807, 2.05) is 35.2 Å². The molecule has 0 saturated carbocycles. The molecular weight excluding hydrogens is 432 g/mol. The average molecular weight is 457 g/mol. The van der Waals surface area contributed by atoms with E-state index in [0.29, 0.717) is 43.1 Å². The van der Waals surface area contributed by atoms with Gasteiger partial charge in [-0.3, -0.25) is 4.90 Å². The minimum Gasteiger partial charge on any atom is -0.509 e. The zero-order chi connectivity index (χ0) is 22.9. The van der Waals surface area contributed by atoms with E-state index in [2.05, 4.69) is 15.1 Å². The average Bonchev–Trinajstić information content (AvgIpc) is 3.23. The number of aliphatic hydroxyl groups is 1. The van der Waals surface area contributed by atoms with Crippen LogP contribution < -0.4 is 0 Å². The van der Waals surface area contributed by atoms with Crippen LogP contribution in [0.3, 0.4) is 0 Å². The van der Waals surface area contributed by atoms with Crippen molar-refractivity contribution in [2.75, 3.05) is 32.7 Å². The quantitative estimate of drug-likeness (QED) is 0.440. The summed E-state index contributed by atoms with van der Waals surface area (Å²) >= 11 is 0. The van der Waals surface area contributed by atoms with Gasteiger partial charge in [0.1, 0.15) is 28.0 Å². The van der Waals surface area contributed by atoms with Crippen LogP contribution in [0, 0.1) is 25.2 Å². The monoisotopic (exact) mass is 456 g/mol. The van der Waals surface area contributed by atoms with Crippen LogP contribution in [0.25, 0.3) is 16.6 Å². The van der Waals surface area contributed by atoms with Crippen molar-refractivity contribution in [3.05, 3.63) is 47.3 Å². The highest BCUT2D eigenvalue weighted by Gasteiger charge is 2.32. The third kappa shape index (κ3) is 4.12. The number of aliphatic hydroxyl groups excluding tert-OH is 1. The largest absolute Gasteiger partial charge is 0.509 e. The number of rotatable bonds is 5. The number of benzene rings is 1. The van der Waals surface area contributed by atoms with Gasteiger partial charge < -0.3 is 14.6 Å². The Morgan fingerprint density at radius 3 is 2.72 bits per heavy atom. The Labute approximate surface area is 185 Å². The number of nitrogens with one attached hydrogen (secondary N) is 1. The molecule has 1 aliphatic heterocycles. The number of para-hydroxylation sites is 2. The lowest BCUT2D eigenvalue weighted by molar-refractivity contribution is 0.260. The highest BCUT2D eigenvalue weighted by atomic mass is 32.2. The summed E-state index contributed by atoms with van der Waals surface area (Å²) in [5.41, 5.74) is 1.90. The summed E-state index contributed by atoms with van der Waals surface area (Å²) in [4.78, 5) is 9.49. The number of hydrogen-bond acceptors (Lipinski definition) is 8. The Balaban J connectivity index is 1.50. The molecule has 0 aliphatic carbocycles. The molecule has 0 spiro atoms. The predicted octanol–water partition coefficient (Wildman–Crippen LogP) is 2.36. The summed E-state index contributed by atoms with van der Waals surface area (Å²) in [6, 6.07) is 9.42. The maximum atomic E-state index is 13.1. The minimum atomic E-state index is -3.73. The number of sulfonamides is 1. The number of nitriles is 1. The summed E-state index contributed by atoms with van der Waals surface area (Å²) in [5.74, 6) is 0.478. The number of H-pyrrole nitrogens is 1. The number of allylic oxidation sites excluding steroid dienone is 1. The molecule has 32 heavy (non-hydrogen) atoms. The molecule has 0 bridgehead atoms. The second kappa shape index (κ2) is 8.74. The smallest absolute Gasteiger partial charge is 0.248 e. The Bertz CT molecular complexity index is 1270. The van der Waals surface area contributed by atoms with E-state index in [1.54, 1.807) is 13.8 Å². The Morgan fingerprint density at radius 1 is 1.25 bits per heavy atom. The maximum Gasteiger partial charge on any atom is 0.248 e. The number of aromatic amines is 1. The lowest BCUT2D eigenvalue weighted by atomic mass is 10.2. The molecule has 1 aliphatic rings. The molecule has 1 aromatic carbocycles. The van der Waals surface area contributed by atoms with Crippen LogP contribution in [0.15, 0.2) is 39.4 Å². The summed E-state index contributed by atoms with van der Waals surface area (Å²) in [6.07, 6.45) is 0.586. The van der Waals surface area contributed by atoms with Gasteiger partial charge in [0.05, 0.1) is 17.6 Å². The van der Waals surface area contributed by atoms with E-state index >= 15 is 0 Å². The van der Waals surface area contributed by atoms with Crippen molar-refractivity contribution < 1.29 is 18.0 Å². The predicted molar refractivity (Wildman–Crippen MR) is 117 cm³/mol. The minimum absolute atomic E-state index is 0.0747. The molecule has 11 heteroatoms. The van der Waals surface area contributed by atoms with Gasteiger partial charge in [0, 0.05) is 19.6 Å². The Hall–Kier alpha value is -3.20. The van der Waals surface area contributed by atoms with Crippen LogP contribution in [-0.4, -0.2) is 70.6 Å². The van der Waals surface area contributed by atoms with Crippen molar-refractivity contribution in [2.45, 2.75) is 25.2 Å². The molecule has 1 saturated heterocycles. The molecule has 2 aromatic heterocycles. The second-order valence-electron chi connectivity index (χ2n) is 7.72. The molecule has 3 aromatic rings. The summed E-state index contributed by atoms with van der Waals surface area (Å²) in [7, 11) is -3.73. The van der Waals surface area contributed by atoms with Crippen LogP contribution in [-0.2, 0) is 10.0 Å². The first-order chi connectivity index (χ1) is 15.3.